The minimum Gasteiger partial charge on any atom is -0.494 e. The molecule has 2 aromatic rings. The van der Waals surface area contributed by atoms with Crippen LogP contribution in [-0.4, -0.2) is 13.2 Å². The largest absolute Gasteiger partial charge is 0.494 e. The van der Waals surface area contributed by atoms with Crippen LogP contribution in [0.15, 0.2) is 48.5 Å². The molecule has 2 rings (SSSR count). The quantitative estimate of drug-likeness (QED) is 0.221. The zero-order valence-electron chi connectivity index (χ0n) is 20.8. The lowest BCUT2D eigenvalue weighted by Crippen LogP contribution is -2.01. The molecule has 0 saturated carbocycles. The van der Waals surface area contributed by atoms with Crippen molar-refractivity contribution in [3.63, 3.8) is 0 Å². The Kier molecular flexibility index (Phi) is 14.4. The van der Waals surface area contributed by atoms with Crippen molar-refractivity contribution in [2.45, 2.75) is 104 Å². The van der Waals surface area contributed by atoms with E-state index < -0.39 is 0 Å². The first-order valence-corrected chi connectivity index (χ1v) is 13.2. The fourth-order valence-electron chi connectivity index (χ4n) is 4.08. The number of anilines is 1. The molecule has 0 fully saturated rings. The van der Waals surface area contributed by atoms with Crippen LogP contribution in [0.25, 0.3) is 0 Å². The van der Waals surface area contributed by atoms with Crippen LogP contribution in [0.5, 0.6) is 5.75 Å². The highest BCUT2D eigenvalue weighted by Gasteiger charge is 1.97. The van der Waals surface area contributed by atoms with Crippen molar-refractivity contribution >= 4 is 5.69 Å². The van der Waals surface area contributed by atoms with E-state index in [1.807, 2.05) is 0 Å². The molecule has 0 unspecified atom stereocenters. The standard InChI is InChI=1S/C30H47NO/c1-27-17-21-29(22-18-27)31-25-15-13-11-9-7-5-3-4-6-8-10-12-14-16-26-32-30-23-19-28(2)20-24-30/h17-24,31H,3-16,25-26H2,1-2H3. The Morgan fingerprint density at radius 2 is 0.906 bits per heavy atom. The van der Waals surface area contributed by atoms with Crippen LogP contribution in [-0.2, 0) is 0 Å². The second-order valence-corrected chi connectivity index (χ2v) is 9.40. The highest BCUT2D eigenvalue weighted by molar-refractivity contribution is 5.44. The summed E-state index contributed by atoms with van der Waals surface area (Å²) in [4.78, 5) is 0. The summed E-state index contributed by atoms with van der Waals surface area (Å²) < 4.78 is 5.80. The van der Waals surface area contributed by atoms with Crippen molar-refractivity contribution in [1.29, 1.82) is 0 Å². The Labute approximate surface area is 198 Å². The number of hydrogen-bond donors (Lipinski definition) is 1. The van der Waals surface area contributed by atoms with E-state index in [0.717, 1.165) is 18.9 Å². The number of nitrogens with one attached hydrogen (secondary N) is 1. The second kappa shape index (κ2) is 17.6. The van der Waals surface area contributed by atoms with Gasteiger partial charge in [-0.15, -0.1) is 0 Å². The summed E-state index contributed by atoms with van der Waals surface area (Å²) in [6.45, 7) is 6.20. The van der Waals surface area contributed by atoms with E-state index in [9.17, 15) is 0 Å². The predicted octanol–water partition coefficient (Wildman–Crippen LogP) is 9.26. The zero-order valence-corrected chi connectivity index (χ0v) is 20.8. The molecule has 0 aliphatic carbocycles. The molecule has 0 spiro atoms. The van der Waals surface area contributed by atoms with Crippen molar-refractivity contribution in [2.24, 2.45) is 0 Å². The normalized spacial score (nSPS) is 10.9. The van der Waals surface area contributed by atoms with Crippen molar-refractivity contribution in [3.8, 4) is 5.75 Å². The molecule has 0 heterocycles. The summed E-state index contributed by atoms with van der Waals surface area (Å²) in [5, 5.41) is 3.52. The van der Waals surface area contributed by atoms with Gasteiger partial charge >= 0.3 is 0 Å². The van der Waals surface area contributed by atoms with E-state index in [-0.39, 0.29) is 0 Å². The molecule has 0 aliphatic heterocycles. The topological polar surface area (TPSA) is 21.3 Å². The van der Waals surface area contributed by atoms with Gasteiger partial charge in [-0.2, -0.15) is 0 Å². The highest BCUT2D eigenvalue weighted by atomic mass is 16.5. The van der Waals surface area contributed by atoms with Gasteiger partial charge in [0.25, 0.3) is 0 Å². The van der Waals surface area contributed by atoms with Crippen LogP contribution in [0.4, 0.5) is 5.69 Å². The van der Waals surface area contributed by atoms with E-state index in [2.05, 4.69) is 67.7 Å². The number of ether oxygens (including phenoxy) is 1. The Morgan fingerprint density at radius 1 is 0.500 bits per heavy atom. The van der Waals surface area contributed by atoms with Crippen molar-refractivity contribution in [2.75, 3.05) is 18.5 Å². The van der Waals surface area contributed by atoms with Gasteiger partial charge in [-0.05, 0) is 51.0 Å². The van der Waals surface area contributed by atoms with E-state index in [1.54, 1.807) is 0 Å². The average Bonchev–Trinajstić information content (AvgIpc) is 2.80. The molecule has 1 N–H and O–H groups in total. The molecule has 0 amide bonds. The summed E-state index contributed by atoms with van der Waals surface area (Å²) in [5.41, 5.74) is 3.87. The third-order valence-electron chi connectivity index (χ3n) is 6.24. The van der Waals surface area contributed by atoms with E-state index >= 15 is 0 Å². The van der Waals surface area contributed by atoms with E-state index in [4.69, 9.17) is 4.74 Å². The van der Waals surface area contributed by atoms with Crippen LogP contribution >= 0.6 is 0 Å². The molecule has 0 bridgehead atoms. The average molecular weight is 438 g/mol. The molecular formula is C30H47NO. The maximum absolute atomic E-state index is 5.80. The Balaban J connectivity index is 1.25. The minimum atomic E-state index is 0.853. The maximum atomic E-state index is 5.80. The van der Waals surface area contributed by atoms with Gasteiger partial charge in [0.15, 0.2) is 0 Å². The van der Waals surface area contributed by atoms with Crippen LogP contribution < -0.4 is 10.1 Å². The minimum absolute atomic E-state index is 0.853. The fourth-order valence-corrected chi connectivity index (χ4v) is 4.08. The summed E-state index contributed by atoms with van der Waals surface area (Å²) in [5.74, 6) is 1.01. The van der Waals surface area contributed by atoms with Crippen LogP contribution in [0.2, 0.25) is 0 Å². The van der Waals surface area contributed by atoms with Crippen molar-refractivity contribution < 1.29 is 4.74 Å². The summed E-state index contributed by atoms with van der Waals surface area (Å²) in [7, 11) is 0. The lowest BCUT2D eigenvalue weighted by Gasteiger charge is -2.07. The first kappa shape index (κ1) is 26.3. The van der Waals surface area contributed by atoms with Gasteiger partial charge in [0.1, 0.15) is 5.75 Å². The van der Waals surface area contributed by atoms with Crippen molar-refractivity contribution in [3.05, 3.63) is 59.7 Å². The number of hydrogen-bond acceptors (Lipinski definition) is 2. The van der Waals surface area contributed by atoms with Crippen LogP contribution in [0, 0.1) is 13.8 Å². The number of unbranched alkanes of at least 4 members (excludes halogenated alkanes) is 13. The van der Waals surface area contributed by atoms with Gasteiger partial charge in [0, 0.05) is 12.2 Å². The smallest absolute Gasteiger partial charge is 0.119 e. The zero-order chi connectivity index (χ0) is 22.7. The molecule has 2 aromatic carbocycles. The lowest BCUT2D eigenvalue weighted by atomic mass is 10.0. The monoisotopic (exact) mass is 437 g/mol. The van der Waals surface area contributed by atoms with Gasteiger partial charge in [-0.25, -0.2) is 0 Å². The van der Waals surface area contributed by atoms with Gasteiger partial charge in [0.05, 0.1) is 6.61 Å². The molecular weight excluding hydrogens is 390 g/mol. The predicted molar refractivity (Wildman–Crippen MR) is 141 cm³/mol. The third-order valence-corrected chi connectivity index (χ3v) is 6.24. The van der Waals surface area contributed by atoms with Gasteiger partial charge in [0.2, 0.25) is 0 Å². The van der Waals surface area contributed by atoms with Crippen molar-refractivity contribution in [1.82, 2.24) is 0 Å². The summed E-state index contributed by atoms with van der Waals surface area (Å²) >= 11 is 0. The number of rotatable bonds is 19. The molecule has 0 atom stereocenters. The molecule has 0 aliphatic rings. The molecule has 32 heavy (non-hydrogen) atoms. The van der Waals surface area contributed by atoms with Crippen LogP contribution in [0.3, 0.4) is 0 Å². The van der Waals surface area contributed by atoms with Crippen LogP contribution in [0.1, 0.15) is 101 Å². The van der Waals surface area contributed by atoms with Gasteiger partial charge < -0.3 is 10.1 Å². The SMILES string of the molecule is Cc1ccc(NCCCCCCCCCCCCCCCCOc2ccc(C)cc2)cc1. The summed E-state index contributed by atoms with van der Waals surface area (Å²) in [6, 6.07) is 17.1. The number of benzene rings is 2. The fraction of sp³-hybridized carbons (Fsp3) is 0.600. The van der Waals surface area contributed by atoms with Gasteiger partial charge in [-0.1, -0.05) is 112 Å². The third kappa shape index (κ3) is 13.5. The Hall–Kier alpha value is -1.96. The molecule has 0 saturated heterocycles. The first-order valence-electron chi connectivity index (χ1n) is 13.2. The molecule has 178 valence electrons. The lowest BCUT2D eigenvalue weighted by molar-refractivity contribution is 0.304. The first-order chi connectivity index (χ1) is 15.7. The highest BCUT2D eigenvalue weighted by Crippen LogP contribution is 2.15. The molecule has 2 heteroatoms. The van der Waals surface area contributed by atoms with Gasteiger partial charge in [-0.3, -0.25) is 0 Å². The van der Waals surface area contributed by atoms with E-state index in [0.29, 0.717) is 0 Å². The second-order valence-electron chi connectivity index (χ2n) is 9.40. The molecule has 0 radical (unpaired) electrons. The summed E-state index contributed by atoms with van der Waals surface area (Å²) in [6.07, 6.45) is 19.2. The molecule has 2 nitrogen and oxygen atoms in total. The Morgan fingerprint density at radius 3 is 1.41 bits per heavy atom. The Bertz CT molecular complexity index is 615. The maximum Gasteiger partial charge on any atom is 0.119 e. The van der Waals surface area contributed by atoms with E-state index in [1.165, 1.54) is 107 Å². The number of aryl methyl sites for hydroxylation is 2. The molecule has 0 aromatic heterocycles.